The number of hydrogen-bond donors (Lipinski definition) is 2. The van der Waals surface area contributed by atoms with Crippen molar-refractivity contribution < 1.29 is 14.7 Å². The van der Waals surface area contributed by atoms with E-state index in [1.165, 1.54) is 28.7 Å². The van der Waals surface area contributed by atoms with Gasteiger partial charge in [0.1, 0.15) is 0 Å². The highest BCUT2D eigenvalue weighted by Crippen LogP contribution is 2.21. The summed E-state index contributed by atoms with van der Waals surface area (Å²) in [5.74, 6) is -1.17. The lowest BCUT2D eigenvalue weighted by Gasteiger charge is -2.01. The van der Waals surface area contributed by atoms with Crippen molar-refractivity contribution in [1.82, 2.24) is 5.32 Å². The minimum atomic E-state index is -1.01. The van der Waals surface area contributed by atoms with E-state index in [1.807, 2.05) is 12.1 Å². The lowest BCUT2D eigenvalue weighted by Crippen LogP contribution is -2.24. The second kappa shape index (κ2) is 7.40. The summed E-state index contributed by atoms with van der Waals surface area (Å²) >= 11 is 8.66. The highest BCUT2D eigenvalue weighted by Gasteiger charge is 2.07. The summed E-state index contributed by atoms with van der Waals surface area (Å²) in [6.45, 7) is 0.534. The number of nitrogens with one attached hydrogen (secondary N) is 1. The first-order valence-corrected chi connectivity index (χ1v) is 8.14. The van der Waals surface area contributed by atoms with Gasteiger partial charge in [0, 0.05) is 27.8 Å². The number of carbonyl (C=O) groups is 2. The number of aliphatic carboxylic acids is 1. The van der Waals surface area contributed by atoms with Crippen LogP contribution in [0.4, 0.5) is 0 Å². The Hall–Kier alpha value is -1.63. The van der Waals surface area contributed by atoms with Gasteiger partial charge in [-0.1, -0.05) is 11.6 Å². The molecule has 0 spiro atoms. The molecule has 4 nitrogen and oxygen atoms in total. The van der Waals surface area contributed by atoms with Crippen LogP contribution in [0, 0.1) is 0 Å². The number of rotatable bonds is 6. The maximum absolute atomic E-state index is 11.9. The predicted molar refractivity (Wildman–Crippen MR) is 86.4 cm³/mol. The van der Waals surface area contributed by atoms with Crippen molar-refractivity contribution >= 4 is 52.2 Å². The molecule has 21 heavy (non-hydrogen) atoms. The van der Waals surface area contributed by atoms with Gasteiger partial charge >= 0.3 is 5.97 Å². The van der Waals surface area contributed by atoms with Crippen LogP contribution in [-0.4, -0.2) is 23.5 Å². The second-order valence-corrected chi connectivity index (χ2v) is 6.86. The van der Waals surface area contributed by atoms with E-state index in [1.54, 1.807) is 11.4 Å². The third-order valence-electron chi connectivity index (χ3n) is 2.56. The number of carboxylic acid groups (broad SMARTS) is 1. The van der Waals surface area contributed by atoms with Crippen LogP contribution in [-0.2, 0) is 11.2 Å². The van der Waals surface area contributed by atoms with Crippen molar-refractivity contribution in [2.24, 2.45) is 0 Å². The van der Waals surface area contributed by atoms with Gasteiger partial charge in [0.2, 0.25) is 0 Å². The van der Waals surface area contributed by atoms with Gasteiger partial charge in [0.15, 0.2) is 0 Å². The molecule has 0 saturated heterocycles. The summed E-state index contributed by atoms with van der Waals surface area (Å²) < 4.78 is 0.740. The first-order valence-electron chi connectivity index (χ1n) is 6.06. The smallest absolute Gasteiger partial charge is 0.328 e. The molecule has 0 aromatic carbocycles. The van der Waals surface area contributed by atoms with Crippen LogP contribution in [0.3, 0.4) is 0 Å². The summed E-state index contributed by atoms with van der Waals surface area (Å²) in [5, 5.41) is 13.1. The largest absolute Gasteiger partial charge is 0.478 e. The van der Waals surface area contributed by atoms with Crippen molar-refractivity contribution in [2.45, 2.75) is 6.42 Å². The van der Waals surface area contributed by atoms with Crippen LogP contribution in [0.5, 0.6) is 0 Å². The van der Waals surface area contributed by atoms with Crippen molar-refractivity contribution in [2.75, 3.05) is 6.54 Å². The van der Waals surface area contributed by atoms with Gasteiger partial charge < -0.3 is 10.4 Å². The SMILES string of the molecule is O=C(O)/C=C/c1cc(C(=O)NCCc2ccc(Cl)s2)cs1. The molecule has 0 fully saturated rings. The van der Waals surface area contributed by atoms with Crippen LogP contribution >= 0.6 is 34.3 Å². The Kier molecular flexibility index (Phi) is 5.55. The van der Waals surface area contributed by atoms with E-state index in [0.29, 0.717) is 12.1 Å². The van der Waals surface area contributed by atoms with Crippen LogP contribution in [0.2, 0.25) is 4.34 Å². The van der Waals surface area contributed by atoms with Crippen LogP contribution in [0.1, 0.15) is 20.1 Å². The second-order valence-electron chi connectivity index (χ2n) is 4.12. The maximum atomic E-state index is 11.9. The lowest BCUT2D eigenvalue weighted by molar-refractivity contribution is -0.131. The Morgan fingerprint density at radius 3 is 2.86 bits per heavy atom. The van der Waals surface area contributed by atoms with Crippen molar-refractivity contribution in [3.05, 3.63) is 49.3 Å². The molecule has 2 heterocycles. The fourth-order valence-electron chi connectivity index (χ4n) is 1.60. The zero-order valence-corrected chi connectivity index (χ0v) is 13.2. The molecule has 2 aromatic heterocycles. The van der Waals surface area contributed by atoms with Gasteiger partial charge in [-0.15, -0.1) is 22.7 Å². The minimum absolute atomic E-state index is 0.163. The van der Waals surface area contributed by atoms with Crippen LogP contribution in [0.25, 0.3) is 6.08 Å². The molecular formula is C14H12ClNO3S2. The molecule has 2 rings (SSSR count). The molecule has 0 aliphatic heterocycles. The fourth-order valence-corrected chi connectivity index (χ4v) is 3.47. The van der Waals surface area contributed by atoms with E-state index < -0.39 is 5.97 Å². The average molecular weight is 342 g/mol. The van der Waals surface area contributed by atoms with Crippen molar-refractivity contribution in [1.29, 1.82) is 0 Å². The number of carbonyl (C=O) groups excluding carboxylic acids is 1. The number of thiophene rings is 2. The van der Waals surface area contributed by atoms with Crippen molar-refractivity contribution in [3.8, 4) is 0 Å². The standard InChI is InChI=1S/C14H12ClNO3S2/c15-12-3-1-10(21-12)5-6-16-14(19)9-7-11(20-8-9)2-4-13(17)18/h1-4,7-8H,5-6H2,(H,16,19)(H,17,18)/b4-2+. The average Bonchev–Trinajstić information content (AvgIpc) is 3.05. The summed E-state index contributed by atoms with van der Waals surface area (Å²) in [7, 11) is 0. The van der Waals surface area contributed by atoms with Gasteiger partial charge in [-0.05, 0) is 30.7 Å². The first-order chi connectivity index (χ1) is 10.0. The monoisotopic (exact) mass is 341 g/mol. The molecule has 1 amide bonds. The molecule has 0 aliphatic rings. The molecule has 0 atom stereocenters. The Balaban J connectivity index is 1.84. The zero-order chi connectivity index (χ0) is 15.2. The van der Waals surface area contributed by atoms with Gasteiger partial charge in [0.05, 0.1) is 9.90 Å². The minimum Gasteiger partial charge on any atom is -0.478 e. The topological polar surface area (TPSA) is 66.4 Å². The van der Waals surface area contributed by atoms with Crippen molar-refractivity contribution in [3.63, 3.8) is 0 Å². The molecule has 0 unspecified atom stereocenters. The molecule has 0 saturated carbocycles. The molecule has 7 heteroatoms. The summed E-state index contributed by atoms with van der Waals surface area (Å²) in [6.07, 6.45) is 3.25. The number of amides is 1. The van der Waals surface area contributed by atoms with E-state index in [9.17, 15) is 9.59 Å². The van der Waals surface area contributed by atoms with Crippen LogP contribution in [0.15, 0.2) is 29.7 Å². The van der Waals surface area contributed by atoms with Gasteiger partial charge in [-0.25, -0.2) is 4.79 Å². The highest BCUT2D eigenvalue weighted by atomic mass is 35.5. The third-order valence-corrected chi connectivity index (χ3v) is 4.75. The summed E-state index contributed by atoms with van der Waals surface area (Å²) in [5.41, 5.74) is 0.536. The molecule has 0 bridgehead atoms. The van der Waals surface area contributed by atoms with Gasteiger partial charge in [0.25, 0.3) is 5.91 Å². The summed E-state index contributed by atoms with van der Waals surface area (Å²) in [6, 6.07) is 5.45. The Morgan fingerprint density at radius 1 is 1.38 bits per heavy atom. The van der Waals surface area contributed by atoms with E-state index in [2.05, 4.69) is 5.32 Å². The Morgan fingerprint density at radius 2 is 2.19 bits per heavy atom. The Labute approximate surface area is 134 Å². The lowest BCUT2D eigenvalue weighted by atomic mass is 10.2. The van der Waals surface area contributed by atoms with Gasteiger partial charge in [-0.3, -0.25) is 4.79 Å². The summed E-state index contributed by atoms with van der Waals surface area (Å²) in [4.78, 5) is 24.2. The van der Waals surface area contributed by atoms with E-state index in [4.69, 9.17) is 16.7 Å². The number of hydrogen-bond acceptors (Lipinski definition) is 4. The molecule has 2 aromatic rings. The number of carboxylic acids is 1. The fraction of sp³-hybridized carbons (Fsp3) is 0.143. The molecular weight excluding hydrogens is 330 g/mol. The highest BCUT2D eigenvalue weighted by molar-refractivity contribution is 7.16. The normalized spacial score (nSPS) is 10.9. The molecule has 2 N–H and O–H groups in total. The van der Waals surface area contributed by atoms with Crippen LogP contribution < -0.4 is 5.32 Å². The molecule has 0 aliphatic carbocycles. The third kappa shape index (κ3) is 5.00. The molecule has 0 radical (unpaired) electrons. The number of halogens is 1. The van der Waals surface area contributed by atoms with E-state index >= 15 is 0 Å². The van der Waals surface area contributed by atoms with E-state index in [0.717, 1.165) is 26.6 Å². The zero-order valence-electron chi connectivity index (χ0n) is 10.8. The van der Waals surface area contributed by atoms with E-state index in [-0.39, 0.29) is 5.91 Å². The molecule has 110 valence electrons. The predicted octanol–water partition coefficient (Wildman–Crippen LogP) is 3.53. The Bertz CT molecular complexity index is 675. The first kappa shape index (κ1) is 15.8. The maximum Gasteiger partial charge on any atom is 0.328 e. The quantitative estimate of drug-likeness (QED) is 0.790. The van der Waals surface area contributed by atoms with Gasteiger partial charge in [-0.2, -0.15) is 0 Å².